The molecule has 29 heavy (non-hydrogen) atoms. The van der Waals surface area contributed by atoms with E-state index < -0.39 is 0 Å². The van der Waals surface area contributed by atoms with Crippen LogP contribution in [0, 0.1) is 5.92 Å². The van der Waals surface area contributed by atoms with Crippen molar-refractivity contribution in [3.63, 3.8) is 0 Å². The lowest BCUT2D eigenvalue weighted by Crippen LogP contribution is -2.57. The highest BCUT2D eigenvalue weighted by Crippen LogP contribution is 2.54. The first-order valence-corrected chi connectivity index (χ1v) is 11.6. The van der Waals surface area contributed by atoms with E-state index in [2.05, 4.69) is 82.9 Å². The topological polar surface area (TPSA) is 18.5 Å². The van der Waals surface area contributed by atoms with Crippen molar-refractivity contribution in [2.24, 2.45) is 5.92 Å². The number of fused-ring (bicyclic) bond motifs is 4. The van der Waals surface area contributed by atoms with Crippen molar-refractivity contribution in [3.05, 3.63) is 71.8 Å². The van der Waals surface area contributed by atoms with Gasteiger partial charge in [-0.15, -0.1) is 0 Å². The fourth-order valence-corrected chi connectivity index (χ4v) is 6.57. The van der Waals surface area contributed by atoms with Crippen LogP contribution < -0.4 is 5.43 Å². The quantitative estimate of drug-likeness (QED) is 0.804. The van der Waals surface area contributed by atoms with E-state index >= 15 is 0 Å². The zero-order valence-corrected chi connectivity index (χ0v) is 17.8. The first kappa shape index (κ1) is 19.3. The van der Waals surface area contributed by atoms with Gasteiger partial charge in [-0.3, -0.25) is 10.3 Å². The summed E-state index contributed by atoms with van der Waals surface area (Å²) in [6.07, 6.45) is 5.32. The van der Waals surface area contributed by atoms with Gasteiger partial charge in [-0.25, -0.2) is 5.01 Å². The van der Waals surface area contributed by atoms with Gasteiger partial charge in [-0.2, -0.15) is 0 Å². The fraction of sp³-hybridized carbons (Fsp3) is 0.538. The second kappa shape index (κ2) is 8.22. The normalized spacial score (nSPS) is 33.1. The molecule has 1 saturated carbocycles. The molecule has 4 aliphatic rings. The summed E-state index contributed by atoms with van der Waals surface area (Å²) in [6.45, 7) is 8.08. The van der Waals surface area contributed by atoms with Crippen LogP contribution in [0.1, 0.15) is 55.6 Å². The molecular weight excluding hydrogens is 354 g/mol. The second-order valence-corrected chi connectivity index (χ2v) is 9.42. The van der Waals surface area contributed by atoms with E-state index in [1.165, 1.54) is 38.8 Å². The number of hydrogen-bond acceptors (Lipinski definition) is 3. The van der Waals surface area contributed by atoms with Gasteiger partial charge in [0.2, 0.25) is 0 Å². The maximum atomic E-state index is 3.72. The Hall–Kier alpha value is -1.68. The number of hydrogen-bond donors (Lipinski definition) is 1. The van der Waals surface area contributed by atoms with Gasteiger partial charge in [0.1, 0.15) is 0 Å². The lowest BCUT2D eigenvalue weighted by Gasteiger charge is -2.50. The lowest BCUT2D eigenvalue weighted by molar-refractivity contribution is 0.0349. The smallest absolute Gasteiger partial charge is 0.0362 e. The van der Waals surface area contributed by atoms with Crippen molar-refractivity contribution in [2.45, 2.75) is 50.0 Å². The molecule has 1 aliphatic carbocycles. The van der Waals surface area contributed by atoms with Crippen molar-refractivity contribution < 1.29 is 0 Å². The Labute approximate surface area is 176 Å². The summed E-state index contributed by atoms with van der Waals surface area (Å²) in [5.41, 5.74) is 7.08. The molecule has 3 aliphatic heterocycles. The Balaban J connectivity index is 1.60. The van der Waals surface area contributed by atoms with E-state index in [9.17, 15) is 0 Å². The van der Waals surface area contributed by atoms with Crippen LogP contribution in [0.4, 0.5) is 0 Å². The molecule has 2 aromatic rings. The molecule has 3 heteroatoms. The van der Waals surface area contributed by atoms with Crippen LogP contribution in [0.25, 0.3) is 0 Å². The molecule has 2 unspecified atom stereocenters. The zero-order chi connectivity index (χ0) is 19.7. The van der Waals surface area contributed by atoms with Crippen molar-refractivity contribution in [1.29, 1.82) is 0 Å². The van der Waals surface area contributed by atoms with E-state index in [-0.39, 0.29) is 5.54 Å². The van der Waals surface area contributed by atoms with E-state index in [1.54, 1.807) is 11.1 Å². The summed E-state index contributed by atoms with van der Waals surface area (Å²) >= 11 is 0. The fourth-order valence-electron chi connectivity index (χ4n) is 6.57. The predicted molar refractivity (Wildman–Crippen MR) is 120 cm³/mol. The van der Waals surface area contributed by atoms with Crippen molar-refractivity contribution in [3.8, 4) is 0 Å². The predicted octanol–water partition coefficient (Wildman–Crippen LogP) is 4.64. The van der Waals surface area contributed by atoms with E-state index in [4.69, 9.17) is 0 Å². The summed E-state index contributed by atoms with van der Waals surface area (Å²) < 4.78 is 0. The Morgan fingerprint density at radius 2 is 1.41 bits per heavy atom. The Bertz CT molecular complexity index is 735. The Kier molecular flexibility index (Phi) is 5.47. The van der Waals surface area contributed by atoms with Crippen LogP contribution in [-0.4, -0.2) is 48.2 Å². The molecule has 2 aromatic carbocycles. The number of hydrazine groups is 1. The van der Waals surface area contributed by atoms with Crippen molar-refractivity contribution >= 4 is 0 Å². The molecule has 2 atom stereocenters. The largest absolute Gasteiger partial charge is 0.296 e. The molecule has 6 rings (SSSR count). The third-order valence-electron chi connectivity index (χ3n) is 7.76. The standard InChI is InChI=1S/C26H35N3/c1-2-27-29-19-25-23(21-11-5-3-6-12-21)17-26(20-29,28-15-9-10-16-28)18-24(25)22-13-7-4-8-14-22/h3-8,11-14,23-25,27H,2,9-10,15-20H2,1H3. The van der Waals surface area contributed by atoms with Gasteiger partial charge in [0, 0.05) is 25.2 Å². The van der Waals surface area contributed by atoms with Crippen LogP contribution in [-0.2, 0) is 0 Å². The number of rotatable bonds is 5. The third-order valence-corrected chi connectivity index (χ3v) is 7.76. The van der Waals surface area contributed by atoms with Gasteiger partial charge in [0.15, 0.2) is 0 Å². The van der Waals surface area contributed by atoms with E-state index in [1.807, 2.05) is 0 Å². The molecule has 154 valence electrons. The lowest BCUT2D eigenvalue weighted by atomic mass is 9.61. The van der Waals surface area contributed by atoms with Gasteiger partial charge in [-0.1, -0.05) is 67.6 Å². The minimum atomic E-state index is 0.271. The molecule has 3 saturated heterocycles. The number of nitrogens with one attached hydrogen (secondary N) is 1. The average molecular weight is 390 g/mol. The molecule has 3 nitrogen and oxygen atoms in total. The molecular formula is C26H35N3. The molecule has 0 radical (unpaired) electrons. The zero-order valence-electron chi connectivity index (χ0n) is 17.8. The van der Waals surface area contributed by atoms with Crippen LogP contribution in [0.2, 0.25) is 0 Å². The monoisotopic (exact) mass is 389 g/mol. The number of benzene rings is 2. The molecule has 0 amide bonds. The first-order valence-electron chi connectivity index (χ1n) is 11.6. The van der Waals surface area contributed by atoms with Gasteiger partial charge >= 0.3 is 0 Å². The minimum absolute atomic E-state index is 0.271. The maximum absolute atomic E-state index is 3.72. The van der Waals surface area contributed by atoms with Gasteiger partial charge in [0.05, 0.1) is 0 Å². The van der Waals surface area contributed by atoms with Crippen molar-refractivity contribution in [2.75, 3.05) is 32.7 Å². The van der Waals surface area contributed by atoms with Crippen LogP contribution in [0.5, 0.6) is 0 Å². The van der Waals surface area contributed by atoms with E-state index in [0.29, 0.717) is 17.8 Å². The summed E-state index contributed by atoms with van der Waals surface area (Å²) in [6, 6.07) is 22.8. The highest BCUT2D eigenvalue weighted by molar-refractivity contribution is 5.31. The SMILES string of the molecule is CCNN1CC2C(c3ccccc3)CC(N3CCCC3)(CC2c2ccccc2)C1. The molecule has 1 N–H and O–H groups in total. The molecule has 0 aromatic heterocycles. The summed E-state index contributed by atoms with van der Waals surface area (Å²) in [5.74, 6) is 1.90. The van der Waals surface area contributed by atoms with Gasteiger partial charge < -0.3 is 0 Å². The van der Waals surface area contributed by atoms with Crippen LogP contribution in [0.15, 0.2) is 60.7 Å². The Morgan fingerprint density at radius 1 is 0.862 bits per heavy atom. The van der Waals surface area contributed by atoms with Crippen LogP contribution >= 0.6 is 0 Å². The summed E-state index contributed by atoms with van der Waals surface area (Å²) in [5, 5.41) is 2.58. The molecule has 3 heterocycles. The van der Waals surface area contributed by atoms with Crippen molar-refractivity contribution in [1.82, 2.24) is 15.3 Å². The summed E-state index contributed by atoms with van der Waals surface area (Å²) in [7, 11) is 0. The number of nitrogens with zero attached hydrogens (tertiary/aromatic N) is 2. The second-order valence-electron chi connectivity index (χ2n) is 9.42. The molecule has 4 fully saturated rings. The van der Waals surface area contributed by atoms with Gasteiger partial charge in [0.25, 0.3) is 0 Å². The third kappa shape index (κ3) is 3.65. The molecule has 0 spiro atoms. The van der Waals surface area contributed by atoms with E-state index in [0.717, 1.165) is 19.6 Å². The molecule has 2 bridgehead atoms. The highest BCUT2D eigenvalue weighted by Gasteiger charge is 2.53. The van der Waals surface area contributed by atoms with Gasteiger partial charge in [-0.05, 0) is 67.7 Å². The first-order chi connectivity index (χ1) is 14.3. The van der Waals surface area contributed by atoms with Crippen LogP contribution in [0.3, 0.4) is 0 Å². The highest BCUT2D eigenvalue weighted by atomic mass is 15.5. The average Bonchev–Trinajstić information content (AvgIpc) is 3.21. The maximum Gasteiger partial charge on any atom is 0.0362 e. The minimum Gasteiger partial charge on any atom is -0.296 e. The summed E-state index contributed by atoms with van der Waals surface area (Å²) in [4.78, 5) is 2.87. The Morgan fingerprint density at radius 3 is 1.93 bits per heavy atom. The number of likely N-dealkylation sites (tertiary alicyclic amines) is 1.